The molecule has 0 bridgehead atoms. The summed E-state index contributed by atoms with van der Waals surface area (Å²) < 4.78 is 31.5. The van der Waals surface area contributed by atoms with Gasteiger partial charge in [0.1, 0.15) is 0 Å². The maximum Gasteiger partial charge on any atom is 0.265 e. The zero-order valence-corrected chi connectivity index (χ0v) is 27.5. The topological polar surface area (TPSA) is 144 Å². The molecule has 42 heavy (non-hydrogen) atoms. The Morgan fingerprint density at radius 1 is 1.00 bits per heavy atom. The number of aliphatic hydroxyl groups is 3. The van der Waals surface area contributed by atoms with E-state index >= 15 is 0 Å². The van der Waals surface area contributed by atoms with E-state index in [0.29, 0.717) is 48.2 Å². The number of carbonyl (C=O) groups is 1. The van der Waals surface area contributed by atoms with Crippen LogP contribution in [0.3, 0.4) is 0 Å². The van der Waals surface area contributed by atoms with Crippen LogP contribution in [-0.4, -0.2) is 96.5 Å². The standard InChI is InChI=1S/C32H58N2O7S/c1-21(8-11-29(38)33-14-6-15-34(4,5)16-7-17-42(39,40)41)24-9-10-25-30-26(20-28(37)32(24,25)3)31(2)13-12-23(35)18-22(31)19-27(30)36/h21-28,30,35-37H,6-20H2,1-5H3,(H-,33,38,39,40,41)/p+1/t21?,22-,23+,24+,25?,26?,27?,28-,30?,31-,32+/m0/s1. The van der Waals surface area contributed by atoms with Gasteiger partial charge in [-0.3, -0.25) is 9.35 Å². The molecule has 0 aromatic rings. The van der Waals surface area contributed by atoms with Gasteiger partial charge in [0.2, 0.25) is 5.91 Å². The number of nitrogens with one attached hydrogen (secondary N) is 1. The van der Waals surface area contributed by atoms with Gasteiger partial charge in [-0.2, -0.15) is 8.42 Å². The lowest BCUT2D eigenvalue weighted by molar-refractivity contribution is -0.890. The zero-order valence-electron chi connectivity index (χ0n) is 26.7. The van der Waals surface area contributed by atoms with Gasteiger partial charge >= 0.3 is 0 Å². The lowest BCUT2D eigenvalue weighted by Crippen LogP contribution is -2.62. The Kier molecular flexibility index (Phi) is 10.5. The normalized spacial score (nSPS) is 41.0. The highest BCUT2D eigenvalue weighted by Crippen LogP contribution is 2.68. The fourth-order valence-electron chi connectivity index (χ4n) is 10.3. The third-order valence-electron chi connectivity index (χ3n) is 12.8. The maximum atomic E-state index is 12.7. The number of quaternary nitrogens is 1. The van der Waals surface area contributed by atoms with E-state index in [4.69, 9.17) is 4.55 Å². The van der Waals surface area contributed by atoms with Gasteiger partial charge in [-0.1, -0.05) is 20.8 Å². The molecule has 5 N–H and O–H groups in total. The van der Waals surface area contributed by atoms with Crippen LogP contribution in [0.2, 0.25) is 0 Å². The molecule has 0 heterocycles. The molecule has 244 valence electrons. The SMILES string of the molecule is CC(CCC(=O)NCCC[N+](C)(C)CCCS(=O)(=O)O)[C@H]1CCC2C3C(O)C[C@@H]4C[C@H](O)CC[C@]4(C)C3C[C@H](O)[C@@]21C. The summed E-state index contributed by atoms with van der Waals surface area (Å²) in [5.74, 6) is 1.52. The van der Waals surface area contributed by atoms with Gasteiger partial charge in [0.15, 0.2) is 0 Å². The predicted molar refractivity (Wildman–Crippen MR) is 163 cm³/mol. The number of rotatable bonds is 12. The van der Waals surface area contributed by atoms with Crippen LogP contribution >= 0.6 is 0 Å². The van der Waals surface area contributed by atoms with Gasteiger partial charge in [-0.25, -0.2) is 0 Å². The first-order chi connectivity index (χ1) is 19.5. The molecule has 0 saturated heterocycles. The highest BCUT2D eigenvalue weighted by atomic mass is 32.2. The number of amides is 1. The predicted octanol–water partition coefficient (Wildman–Crippen LogP) is 3.22. The lowest BCUT2D eigenvalue weighted by atomic mass is 9.43. The van der Waals surface area contributed by atoms with Crippen LogP contribution in [0.1, 0.15) is 91.4 Å². The minimum atomic E-state index is -3.93. The monoisotopic (exact) mass is 615 g/mol. The smallest absolute Gasteiger partial charge is 0.265 e. The minimum Gasteiger partial charge on any atom is -0.393 e. The molecule has 4 rings (SSSR count). The first-order valence-corrected chi connectivity index (χ1v) is 18.2. The molecular weight excluding hydrogens is 556 g/mol. The van der Waals surface area contributed by atoms with Gasteiger partial charge in [-0.15, -0.1) is 0 Å². The third-order valence-corrected chi connectivity index (χ3v) is 13.6. The molecular formula is C32H59N2O7S+. The van der Waals surface area contributed by atoms with Crippen molar-refractivity contribution in [2.75, 3.05) is 39.5 Å². The molecule has 0 aromatic carbocycles. The molecule has 0 spiro atoms. The number of hydrogen-bond acceptors (Lipinski definition) is 6. The summed E-state index contributed by atoms with van der Waals surface area (Å²) in [6, 6.07) is 0. The minimum absolute atomic E-state index is 0.0450. The summed E-state index contributed by atoms with van der Waals surface area (Å²) in [6.07, 6.45) is 7.47. The van der Waals surface area contributed by atoms with E-state index in [9.17, 15) is 28.5 Å². The van der Waals surface area contributed by atoms with Crippen molar-refractivity contribution >= 4 is 16.0 Å². The van der Waals surface area contributed by atoms with Gasteiger partial charge in [0.05, 0.1) is 51.2 Å². The molecule has 5 unspecified atom stereocenters. The Bertz CT molecular complexity index is 1050. The van der Waals surface area contributed by atoms with E-state index in [1.807, 2.05) is 14.1 Å². The van der Waals surface area contributed by atoms with E-state index in [1.165, 1.54) is 0 Å². The van der Waals surface area contributed by atoms with E-state index in [0.717, 1.165) is 64.3 Å². The molecule has 1 amide bonds. The van der Waals surface area contributed by atoms with Crippen LogP contribution in [0.4, 0.5) is 0 Å². The lowest BCUT2D eigenvalue weighted by Gasteiger charge is -2.63. The van der Waals surface area contributed by atoms with Crippen molar-refractivity contribution in [3.63, 3.8) is 0 Å². The van der Waals surface area contributed by atoms with Crippen LogP contribution in [0.25, 0.3) is 0 Å². The van der Waals surface area contributed by atoms with Gasteiger partial charge < -0.3 is 25.1 Å². The average molecular weight is 616 g/mol. The highest BCUT2D eigenvalue weighted by molar-refractivity contribution is 7.85. The number of hydrogen-bond donors (Lipinski definition) is 5. The second-order valence-corrected chi connectivity index (χ2v) is 17.3. The summed E-state index contributed by atoms with van der Waals surface area (Å²) in [7, 11) is 0.114. The third kappa shape index (κ3) is 7.20. The van der Waals surface area contributed by atoms with Crippen molar-refractivity contribution in [3.05, 3.63) is 0 Å². The number of nitrogens with zero attached hydrogens (tertiary/aromatic N) is 1. The molecule has 0 aromatic heterocycles. The van der Waals surface area contributed by atoms with Crippen molar-refractivity contribution in [1.82, 2.24) is 5.32 Å². The number of fused-ring (bicyclic) bond motifs is 5. The number of carbonyl (C=O) groups excluding carboxylic acids is 1. The summed E-state index contributed by atoms with van der Waals surface area (Å²) >= 11 is 0. The Morgan fingerprint density at radius 2 is 1.69 bits per heavy atom. The molecule has 10 heteroatoms. The van der Waals surface area contributed by atoms with Gasteiger partial charge in [0, 0.05) is 25.8 Å². The summed E-state index contributed by atoms with van der Waals surface area (Å²) in [5, 5.41) is 36.6. The first-order valence-electron chi connectivity index (χ1n) is 16.6. The van der Waals surface area contributed by atoms with Crippen molar-refractivity contribution in [1.29, 1.82) is 0 Å². The first kappa shape index (κ1) is 34.1. The molecule has 4 aliphatic rings. The second kappa shape index (κ2) is 12.9. The maximum absolute atomic E-state index is 12.7. The molecule has 4 fully saturated rings. The average Bonchev–Trinajstić information content (AvgIpc) is 3.24. The Labute approximate surface area is 254 Å². The van der Waals surface area contributed by atoms with Crippen molar-refractivity contribution < 1.29 is 37.6 Å². The Hall–Kier alpha value is -0.780. The van der Waals surface area contributed by atoms with E-state index in [1.54, 1.807) is 0 Å². The van der Waals surface area contributed by atoms with Crippen molar-refractivity contribution in [2.45, 2.75) is 110 Å². The summed E-state index contributed by atoms with van der Waals surface area (Å²) in [6.45, 7) is 8.87. The molecule has 0 radical (unpaired) electrons. The van der Waals surface area contributed by atoms with Crippen molar-refractivity contribution in [3.8, 4) is 0 Å². The molecule has 11 atom stereocenters. The molecule has 0 aliphatic heterocycles. The summed E-state index contributed by atoms with van der Waals surface area (Å²) in [4.78, 5) is 12.7. The quantitative estimate of drug-likeness (QED) is 0.129. The number of aliphatic hydroxyl groups excluding tert-OH is 3. The van der Waals surface area contributed by atoms with Gasteiger partial charge in [0.25, 0.3) is 10.1 Å². The van der Waals surface area contributed by atoms with Crippen LogP contribution in [0, 0.1) is 46.3 Å². The van der Waals surface area contributed by atoms with E-state index in [2.05, 4.69) is 26.1 Å². The van der Waals surface area contributed by atoms with E-state index in [-0.39, 0.29) is 52.5 Å². The van der Waals surface area contributed by atoms with Crippen LogP contribution in [-0.2, 0) is 14.9 Å². The highest BCUT2D eigenvalue weighted by Gasteiger charge is 2.65. The summed E-state index contributed by atoms with van der Waals surface area (Å²) in [5.41, 5.74) is -0.185. The largest absolute Gasteiger partial charge is 0.393 e. The van der Waals surface area contributed by atoms with Crippen LogP contribution < -0.4 is 5.32 Å². The molecule has 9 nitrogen and oxygen atoms in total. The zero-order chi connectivity index (χ0) is 31.1. The Morgan fingerprint density at radius 3 is 2.38 bits per heavy atom. The van der Waals surface area contributed by atoms with E-state index < -0.39 is 16.2 Å². The van der Waals surface area contributed by atoms with Crippen LogP contribution in [0.15, 0.2) is 0 Å². The molecule has 4 aliphatic carbocycles. The Balaban J connectivity index is 1.27. The molecule has 4 saturated carbocycles. The van der Waals surface area contributed by atoms with Crippen molar-refractivity contribution in [2.24, 2.45) is 46.3 Å². The van der Waals surface area contributed by atoms with Crippen LogP contribution in [0.5, 0.6) is 0 Å². The fraction of sp³-hybridized carbons (Fsp3) is 0.969. The fourth-order valence-corrected chi connectivity index (χ4v) is 10.8. The second-order valence-electron chi connectivity index (χ2n) is 15.8. The van der Waals surface area contributed by atoms with Gasteiger partial charge in [-0.05, 0) is 97.7 Å².